The number of carbonyl (C=O) groups excluding carboxylic acids is 2. The smallest absolute Gasteiger partial charge is 0.469 e. The lowest BCUT2D eigenvalue weighted by atomic mass is 10.1. The van der Waals surface area contributed by atoms with Crippen LogP contribution in [0.4, 0.5) is 13.2 Å². The Kier molecular flexibility index (Phi) is 7.60. The summed E-state index contributed by atoms with van der Waals surface area (Å²) in [6.07, 6.45) is -4.07. The second kappa shape index (κ2) is 10.4. The van der Waals surface area contributed by atoms with Crippen molar-refractivity contribution in [1.82, 2.24) is 15.1 Å². The Bertz CT molecular complexity index is 1170. The van der Waals surface area contributed by atoms with E-state index in [4.69, 9.17) is 4.74 Å². The van der Waals surface area contributed by atoms with Crippen molar-refractivity contribution in [3.05, 3.63) is 76.6 Å². The zero-order valence-corrected chi connectivity index (χ0v) is 18.9. The molecule has 0 saturated carbocycles. The van der Waals surface area contributed by atoms with Crippen LogP contribution in [-0.2, 0) is 22.5 Å². The maximum absolute atomic E-state index is 12.6. The monoisotopic (exact) mass is 475 g/mol. The number of alkyl halides is 3. The van der Waals surface area contributed by atoms with Gasteiger partial charge in [0, 0.05) is 29.8 Å². The van der Waals surface area contributed by atoms with E-state index in [1.165, 1.54) is 25.3 Å². The summed E-state index contributed by atoms with van der Waals surface area (Å²) in [4.78, 5) is 24.0. The van der Waals surface area contributed by atoms with E-state index in [9.17, 15) is 22.8 Å². The average Bonchev–Trinajstić information content (AvgIpc) is 3.08. The third-order valence-electron chi connectivity index (χ3n) is 5.26. The van der Waals surface area contributed by atoms with Gasteiger partial charge in [-0.05, 0) is 56.2 Å². The average molecular weight is 475 g/mol. The van der Waals surface area contributed by atoms with Crippen molar-refractivity contribution in [1.29, 1.82) is 0 Å². The van der Waals surface area contributed by atoms with Crippen molar-refractivity contribution in [2.24, 2.45) is 0 Å². The fourth-order valence-electron chi connectivity index (χ4n) is 3.52. The van der Waals surface area contributed by atoms with Gasteiger partial charge in [0.15, 0.2) is 0 Å². The van der Waals surface area contributed by atoms with Crippen LogP contribution < -0.4 is 10.1 Å². The summed E-state index contributed by atoms with van der Waals surface area (Å²) < 4.78 is 48.2. The molecule has 0 fully saturated rings. The van der Waals surface area contributed by atoms with Gasteiger partial charge in [0.1, 0.15) is 5.75 Å². The van der Waals surface area contributed by atoms with Gasteiger partial charge in [-0.1, -0.05) is 18.2 Å². The lowest BCUT2D eigenvalue weighted by Crippen LogP contribution is -2.24. The van der Waals surface area contributed by atoms with Gasteiger partial charge in [0.2, 0.25) is 0 Å². The first-order valence-corrected chi connectivity index (χ1v) is 10.4. The van der Waals surface area contributed by atoms with Crippen LogP contribution in [0.3, 0.4) is 0 Å². The highest BCUT2D eigenvalue weighted by atomic mass is 19.4. The molecule has 0 aliphatic rings. The summed E-state index contributed by atoms with van der Waals surface area (Å²) in [7, 11) is 1.35. The molecule has 1 heterocycles. The molecule has 2 aromatic carbocycles. The molecule has 0 aliphatic carbocycles. The number of esters is 1. The topological polar surface area (TPSA) is 82.5 Å². The molecule has 0 unspecified atom stereocenters. The van der Waals surface area contributed by atoms with Crippen LogP contribution in [0.1, 0.15) is 39.3 Å². The first-order chi connectivity index (χ1) is 16.1. The molecular formula is C24H24F3N3O4. The van der Waals surface area contributed by atoms with Gasteiger partial charge in [-0.2, -0.15) is 5.10 Å². The minimum atomic E-state index is -4.82. The first-order valence-electron chi connectivity index (χ1n) is 10.4. The number of ether oxygens (including phenoxy) is 2. The van der Waals surface area contributed by atoms with E-state index in [0.717, 1.165) is 22.6 Å². The van der Waals surface area contributed by atoms with Crippen LogP contribution >= 0.6 is 0 Å². The zero-order chi connectivity index (χ0) is 24.9. The van der Waals surface area contributed by atoms with Crippen LogP contribution in [0.15, 0.2) is 48.5 Å². The van der Waals surface area contributed by atoms with Crippen molar-refractivity contribution >= 4 is 11.9 Å². The Morgan fingerprint density at radius 2 is 1.74 bits per heavy atom. The molecule has 0 spiro atoms. The number of rotatable bonds is 8. The summed E-state index contributed by atoms with van der Waals surface area (Å²) in [5.41, 5.74) is 3.89. The first kappa shape index (κ1) is 24.8. The Balaban J connectivity index is 1.69. The molecule has 180 valence electrons. The highest BCUT2D eigenvalue weighted by molar-refractivity contribution is 5.94. The lowest BCUT2D eigenvalue weighted by Gasteiger charge is -2.13. The number of amides is 1. The van der Waals surface area contributed by atoms with Gasteiger partial charge in [0.25, 0.3) is 5.91 Å². The minimum absolute atomic E-state index is 0.131. The molecule has 34 heavy (non-hydrogen) atoms. The number of aryl methyl sites for hydroxylation is 1. The van der Waals surface area contributed by atoms with E-state index < -0.39 is 12.3 Å². The third kappa shape index (κ3) is 6.15. The van der Waals surface area contributed by atoms with E-state index in [1.54, 1.807) is 35.0 Å². The minimum Gasteiger partial charge on any atom is -0.469 e. The molecular weight excluding hydrogens is 451 g/mol. The van der Waals surface area contributed by atoms with Crippen molar-refractivity contribution in [3.8, 4) is 11.4 Å². The number of benzene rings is 2. The van der Waals surface area contributed by atoms with E-state index in [1.807, 2.05) is 13.8 Å². The zero-order valence-electron chi connectivity index (χ0n) is 18.9. The van der Waals surface area contributed by atoms with Gasteiger partial charge in [-0.15, -0.1) is 13.2 Å². The van der Waals surface area contributed by atoms with E-state index in [2.05, 4.69) is 15.2 Å². The van der Waals surface area contributed by atoms with Gasteiger partial charge < -0.3 is 14.8 Å². The molecule has 7 nitrogen and oxygen atoms in total. The maximum Gasteiger partial charge on any atom is 0.573 e. The number of aromatic nitrogens is 2. The molecule has 1 amide bonds. The molecule has 10 heteroatoms. The summed E-state index contributed by atoms with van der Waals surface area (Å²) in [5.74, 6) is -1.10. The largest absolute Gasteiger partial charge is 0.573 e. The molecule has 0 radical (unpaired) electrons. The highest BCUT2D eigenvalue weighted by Gasteiger charge is 2.32. The van der Waals surface area contributed by atoms with Crippen LogP contribution in [0.5, 0.6) is 5.75 Å². The Labute approximate surface area is 194 Å². The molecule has 0 aliphatic heterocycles. The Morgan fingerprint density at radius 1 is 1.06 bits per heavy atom. The van der Waals surface area contributed by atoms with Crippen molar-refractivity contribution in [2.45, 2.75) is 39.6 Å². The summed E-state index contributed by atoms with van der Waals surface area (Å²) in [6, 6.07) is 12.3. The highest BCUT2D eigenvalue weighted by Crippen LogP contribution is 2.26. The number of nitrogens with one attached hydrogen (secondary N) is 1. The maximum atomic E-state index is 12.6. The van der Waals surface area contributed by atoms with E-state index >= 15 is 0 Å². The summed E-state index contributed by atoms with van der Waals surface area (Å²) in [6.45, 7) is 3.62. The Hall–Kier alpha value is -3.82. The third-order valence-corrected chi connectivity index (χ3v) is 5.26. The number of carbonyl (C=O) groups is 2. The number of methoxy groups -OCH3 is 1. The van der Waals surface area contributed by atoms with E-state index in [0.29, 0.717) is 12.0 Å². The summed E-state index contributed by atoms with van der Waals surface area (Å²) in [5, 5.41) is 7.14. The molecule has 1 N–H and O–H groups in total. The van der Waals surface area contributed by atoms with Gasteiger partial charge in [0.05, 0.1) is 18.5 Å². The molecule has 1 aromatic heterocycles. The van der Waals surface area contributed by atoms with Crippen LogP contribution in [-0.4, -0.2) is 35.1 Å². The number of nitrogens with zero attached hydrogens (tertiary/aromatic N) is 2. The van der Waals surface area contributed by atoms with Gasteiger partial charge in [-0.3, -0.25) is 9.59 Å². The van der Waals surface area contributed by atoms with Gasteiger partial charge >= 0.3 is 12.3 Å². The van der Waals surface area contributed by atoms with Crippen LogP contribution in [0.2, 0.25) is 0 Å². The van der Waals surface area contributed by atoms with E-state index in [-0.39, 0.29) is 30.2 Å². The number of hydrogen-bond acceptors (Lipinski definition) is 5. The van der Waals surface area contributed by atoms with Crippen molar-refractivity contribution in [2.75, 3.05) is 7.11 Å². The number of para-hydroxylation sites is 1. The predicted molar refractivity (Wildman–Crippen MR) is 118 cm³/mol. The fraction of sp³-hybridized carbons (Fsp3) is 0.292. The van der Waals surface area contributed by atoms with Crippen molar-refractivity contribution in [3.63, 3.8) is 0 Å². The van der Waals surface area contributed by atoms with Gasteiger partial charge in [-0.25, -0.2) is 4.68 Å². The molecule has 0 atom stereocenters. The second-order valence-electron chi connectivity index (χ2n) is 7.52. The normalized spacial score (nSPS) is 11.2. The lowest BCUT2D eigenvalue weighted by molar-refractivity contribution is -0.274. The predicted octanol–water partition coefficient (Wildman–Crippen LogP) is 4.42. The molecule has 0 bridgehead atoms. The quantitative estimate of drug-likeness (QED) is 0.488. The second-order valence-corrected chi connectivity index (χ2v) is 7.52. The number of hydrogen-bond donors (Lipinski definition) is 1. The Morgan fingerprint density at radius 3 is 2.38 bits per heavy atom. The summed E-state index contributed by atoms with van der Waals surface area (Å²) >= 11 is 0. The fourth-order valence-corrected chi connectivity index (χ4v) is 3.52. The molecule has 0 saturated heterocycles. The van der Waals surface area contributed by atoms with Crippen LogP contribution in [0, 0.1) is 13.8 Å². The number of halogens is 3. The van der Waals surface area contributed by atoms with Crippen molar-refractivity contribution < 1.29 is 32.2 Å². The molecule has 3 aromatic rings. The standard InChI is InChI=1S/C24H24F3N3O4/c1-15-20(12-13-22(31)33-3)16(2)30(29-15)19-10-8-17(9-11-19)23(32)28-14-18-6-4-5-7-21(18)34-24(25,26)27/h4-11H,12-14H2,1-3H3,(H,28,32). The SMILES string of the molecule is COC(=O)CCc1c(C)nn(-c2ccc(C(=O)NCc3ccccc3OC(F)(F)F)cc2)c1C. The molecule has 3 rings (SSSR count). The van der Waals surface area contributed by atoms with Crippen LogP contribution in [0.25, 0.3) is 5.69 Å².